The van der Waals surface area contributed by atoms with Gasteiger partial charge < -0.3 is 4.90 Å². The molecule has 1 aromatic carbocycles. The van der Waals surface area contributed by atoms with E-state index >= 15 is 0 Å². The van der Waals surface area contributed by atoms with Crippen LogP contribution in [-0.4, -0.2) is 28.9 Å². The summed E-state index contributed by atoms with van der Waals surface area (Å²) in [6, 6.07) is 9.68. The van der Waals surface area contributed by atoms with Crippen LogP contribution < -0.4 is 0 Å². The van der Waals surface area contributed by atoms with E-state index in [1.54, 1.807) is 11.3 Å². The van der Waals surface area contributed by atoms with Crippen molar-refractivity contribution in [3.63, 3.8) is 0 Å². The Bertz CT molecular complexity index is 899. The fraction of sp³-hybridized carbons (Fsp3) is 0.294. The predicted octanol–water partition coefficient (Wildman–Crippen LogP) is 5.79. The first-order chi connectivity index (χ1) is 11.6. The molecule has 1 fully saturated rings. The lowest BCUT2D eigenvalue weighted by molar-refractivity contribution is 0.0718. The molecule has 4 rings (SSSR count). The molecule has 0 bridgehead atoms. The fourth-order valence-electron chi connectivity index (χ4n) is 3.01. The van der Waals surface area contributed by atoms with Gasteiger partial charge in [-0.15, -0.1) is 22.7 Å². The van der Waals surface area contributed by atoms with Gasteiger partial charge in [0.2, 0.25) is 0 Å². The Kier molecular flexibility index (Phi) is 4.64. The molecule has 7 heteroatoms. The summed E-state index contributed by atoms with van der Waals surface area (Å²) >= 11 is 12.7. The number of thiazole rings is 1. The average Bonchev–Trinajstić information content (AvgIpc) is 3.20. The van der Waals surface area contributed by atoms with Crippen molar-refractivity contribution < 1.29 is 4.79 Å². The third-order valence-electron chi connectivity index (χ3n) is 4.28. The lowest BCUT2D eigenvalue weighted by Gasteiger charge is -2.30. The topological polar surface area (TPSA) is 33.2 Å². The Morgan fingerprint density at radius 1 is 1.21 bits per heavy atom. The Labute approximate surface area is 161 Å². The van der Waals surface area contributed by atoms with Crippen LogP contribution in [0.25, 0.3) is 10.2 Å². The van der Waals surface area contributed by atoms with Gasteiger partial charge in [0.15, 0.2) is 0 Å². The summed E-state index contributed by atoms with van der Waals surface area (Å²) in [7, 11) is 0. The van der Waals surface area contributed by atoms with Gasteiger partial charge in [-0.25, -0.2) is 4.98 Å². The number of carbonyl (C=O) groups excluding carboxylic acids is 1. The summed E-state index contributed by atoms with van der Waals surface area (Å²) in [6.45, 7) is 1.57. The van der Waals surface area contributed by atoms with Crippen LogP contribution in [0.5, 0.6) is 0 Å². The minimum Gasteiger partial charge on any atom is -0.338 e. The first-order valence-electron chi connectivity index (χ1n) is 7.71. The van der Waals surface area contributed by atoms with E-state index in [0.29, 0.717) is 5.92 Å². The fourth-order valence-corrected chi connectivity index (χ4v) is 5.64. The number of hydrogen-bond donors (Lipinski definition) is 0. The number of carbonyl (C=O) groups is 1. The molecule has 1 saturated heterocycles. The second kappa shape index (κ2) is 6.75. The smallest absolute Gasteiger partial charge is 0.263 e. The maximum absolute atomic E-state index is 12.5. The van der Waals surface area contributed by atoms with Crippen LogP contribution >= 0.6 is 50.2 Å². The third kappa shape index (κ3) is 3.25. The van der Waals surface area contributed by atoms with E-state index in [1.807, 2.05) is 35.2 Å². The van der Waals surface area contributed by atoms with Crippen molar-refractivity contribution >= 4 is 66.3 Å². The van der Waals surface area contributed by atoms with E-state index in [9.17, 15) is 4.79 Å². The van der Waals surface area contributed by atoms with Gasteiger partial charge in [0.25, 0.3) is 5.91 Å². The molecule has 1 aliphatic heterocycles. The number of thiophene rings is 1. The highest BCUT2D eigenvalue weighted by Crippen LogP contribution is 2.35. The zero-order valence-electron chi connectivity index (χ0n) is 12.7. The SMILES string of the molecule is O=C(c1ccc(Br)s1)N1CCC(c2nc3cc(Cl)ccc3s2)CC1. The standard InChI is InChI=1S/C17H14BrClN2OS2/c18-15-4-3-14(23-15)17(22)21-7-5-10(6-8-21)16-20-12-9-11(19)1-2-13(12)24-16/h1-4,9-10H,5-8H2. The van der Waals surface area contributed by atoms with Gasteiger partial charge in [0, 0.05) is 24.0 Å². The Morgan fingerprint density at radius 2 is 2.00 bits per heavy atom. The number of fused-ring (bicyclic) bond motifs is 1. The summed E-state index contributed by atoms with van der Waals surface area (Å²) in [6.07, 6.45) is 1.93. The lowest BCUT2D eigenvalue weighted by Crippen LogP contribution is -2.37. The Morgan fingerprint density at radius 3 is 2.71 bits per heavy atom. The normalized spacial score (nSPS) is 16.0. The maximum atomic E-state index is 12.5. The molecule has 0 spiro atoms. The highest BCUT2D eigenvalue weighted by molar-refractivity contribution is 9.11. The molecule has 3 heterocycles. The molecular weight excluding hydrogens is 428 g/mol. The number of piperidine rings is 1. The molecule has 2 aromatic heterocycles. The van der Waals surface area contributed by atoms with E-state index in [2.05, 4.69) is 15.9 Å². The monoisotopic (exact) mass is 440 g/mol. The van der Waals surface area contributed by atoms with Crippen molar-refractivity contribution in [1.29, 1.82) is 0 Å². The summed E-state index contributed by atoms with van der Waals surface area (Å²) < 4.78 is 2.17. The number of hydrogen-bond acceptors (Lipinski definition) is 4. The van der Waals surface area contributed by atoms with Gasteiger partial charge in [-0.2, -0.15) is 0 Å². The molecule has 0 N–H and O–H groups in total. The van der Waals surface area contributed by atoms with Gasteiger partial charge in [0.05, 0.1) is 23.9 Å². The van der Waals surface area contributed by atoms with E-state index in [4.69, 9.17) is 16.6 Å². The molecule has 0 saturated carbocycles. The largest absolute Gasteiger partial charge is 0.338 e. The zero-order chi connectivity index (χ0) is 16.7. The maximum Gasteiger partial charge on any atom is 0.263 e. The predicted molar refractivity (Wildman–Crippen MR) is 105 cm³/mol. The van der Waals surface area contributed by atoms with Crippen LogP contribution in [0.2, 0.25) is 5.02 Å². The molecule has 0 radical (unpaired) electrons. The highest BCUT2D eigenvalue weighted by atomic mass is 79.9. The second-order valence-electron chi connectivity index (χ2n) is 5.83. The number of rotatable bonds is 2. The summed E-state index contributed by atoms with van der Waals surface area (Å²) in [5.41, 5.74) is 0.976. The summed E-state index contributed by atoms with van der Waals surface area (Å²) in [5.74, 6) is 0.570. The molecular formula is C17H14BrClN2OS2. The van der Waals surface area contributed by atoms with E-state index in [-0.39, 0.29) is 5.91 Å². The van der Waals surface area contributed by atoms with E-state index in [0.717, 1.165) is 45.1 Å². The number of benzene rings is 1. The van der Waals surface area contributed by atoms with Crippen molar-refractivity contribution in [2.75, 3.05) is 13.1 Å². The number of likely N-dealkylation sites (tertiary alicyclic amines) is 1. The Hall–Kier alpha value is -0.950. The van der Waals surface area contributed by atoms with Crippen LogP contribution in [0.1, 0.15) is 33.4 Å². The summed E-state index contributed by atoms with van der Waals surface area (Å²) in [4.78, 5) is 20.0. The lowest BCUT2D eigenvalue weighted by atomic mass is 9.97. The van der Waals surface area contributed by atoms with Crippen molar-refractivity contribution in [1.82, 2.24) is 9.88 Å². The minimum absolute atomic E-state index is 0.139. The van der Waals surface area contributed by atoms with Crippen LogP contribution in [0.15, 0.2) is 34.1 Å². The molecule has 0 aliphatic carbocycles. The van der Waals surface area contributed by atoms with Gasteiger partial charge in [0.1, 0.15) is 0 Å². The molecule has 1 aliphatic rings. The van der Waals surface area contributed by atoms with E-state index < -0.39 is 0 Å². The quantitative estimate of drug-likeness (QED) is 0.504. The van der Waals surface area contributed by atoms with Gasteiger partial charge in [-0.3, -0.25) is 4.79 Å². The van der Waals surface area contributed by atoms with E-state index in [1.165, 1.54) is 21.0 Å². The zero-order valence-corrected chi connectivity index (χ0v) is 16.6. The molecule has 24 heavy (non-hydrogen) atoms. The van der Waals surface area contributed by atoms with Crippen LogP contribution in [-0.2, 0) is 0 Å². The number of nitrogens with zero attached hydrogens (tertiary/aromatic N) is 2. The van der Waals surface area contributed by atoms with Crippen LogP contribution in [0.4, 0.5) is 0 Å². The molecule has 3 nitrogen and oxygen atoms in total. The molecule has 0 atom stereocenters. The number of aromatic nitrogens is 1. The first kappa shape index (κ1) is 16.5. The second-order valence-corrected chi connectivity index (χ2v) is 9.80. The van der Waals surface area contributed by atoms with Crippen molar-refractivity contribution in [2.45, 2.75) is 18.8 Å². The van der Waals surface area contributed by atoms with Gasteiger partial charge >= 0.3 is 0 Å². The number of amides is 1. The third-order valence-corrected chi connectivity index (χ3v) is 7.33. The highest BCUT2D eigenvalue weighted by Gasteiger charge is 2.27. The minimum atomic E-state index is 0.139. The molecule has 124 valence electrons. The average molecular weight is 442 g/mol. The van der Waals surface area contributed by atoms with Gasteiger partial charge in [-0.1, -0.05) is 11.6 Å². The Balaban J connectivity index is 1.46. The summed E-state index contributed by atoms with van der Waals surface area (Å²) in [5, 5.41) is 1.89. The first-order valence-corrected chi connectivity index (χ1v) is 10.5. The molecule has 1 amide bonds. The molecule has 0 unspecified atom stereocenters. The molecule has 3 aromatic rings. The number of halogens is 2. The van der Waals surface area contributed by atoms with Gasteiger partial charge in [-0.05, 0) is 59.1 Å². The van der Waals surface area contributed by atoms with Crippen molar-refractivity contribution in [2.24, 2.45) is 0 Å². The van der Waals surface area contributed by atoms with Crippen molar-refractivity contribution in [3.05, 3.63) is 49.0 Å². The van der Waals surface area contributed by atoms with Crippen LogP contribution in [0.3, 0.4) is 0 Å². The van der Waals surface area contributed by atoms with Crippen molar-refractivity contribution in [3.8, 4) is 0 Å². The van der Waals surface area contributed by atoms with Crippen LogP contribution in [0, 0.1) is 0 Å².